The molecule has 3 fully saturated rings. The molecule has 6 atom stereocenters. The maximum absolute atomic E-state index is 13.5. The highest BCUT2D eigenvalue weighted by Gasteiger charge is 3.07. The van der Waals surface area contributed by atoms with E-state index in [1.165, 1.54) is 0 Å². The molecule has 7 heteroatoms. The molecule has 0 bridgehead atoms. The van der Waals surface area contributed by atoms with Crippen molar-refractivity contribution in [1.29, 1.82) is 0 Å². The number of halogens is 1. The lowest BCUT2D eigenvalue weighted by Gasteiger charge is -2.45. The van der Waals surface area contributed by atoms with Crippen molar-refractivity contribution in [3.05, 3.63) is 42.0 Å². The first-order chi connectivity index (χ1) is 14.9. The van der Waals surface area contributed by atoms with Crippen LogP contribution in [-0.2, 0) is 20.9 Å². The number of methoxy groups -OCH3 is 1. The van der Waals surface area contributed by atoms with Crippen LogP contribution >= 0.6 is 11.6 Å². The summed E-state index contributed by atoms with van der Waals surface area (Å²) in [4.78, 5) is 28.2. The average Bonchev–Trinajstić information content (AvgIpc) is 3.10. The Morgan fingerprint density at radius 1 is 1.32 bits per heavy atom. The van der Waals surface area contributed by atoms with Crippen LogP contribution in [0.1, 0.15) is 38.2 Å². The summed E-state index contributed by atoms with van der Waals surface area (Å²) in [5.74, 6) is -0.0109. The zero-order valence-corrected chi connectivity index (χ0v) is 18.6. The number of fused-ring (bicyclic) bond motifs is 1. The molecular weight excluding hydrogens is 418 g/mol. The molecule has 1 aromatic carbocycles. The minimum Gasteiger partial charge on any atom is -0.497 e. The fourth-order valence-corrected chi connectivity index (χ4v) is 6.97. The van der Waals surface area contributed by atoms with E-state index >= 15 is 0 Å². The first kappa shape index (κ1) is 20.8. The lowest BCUT2D eigenvalue weighted by atomic mass is 9.78. The summed E-state index contributed by atoms with van der Waals surface area (Å²) >= 11 is 6.07. The molecule has 31 heavy (non-hydrogen) atoms. The second kappa shape index (κ2) is 6.97. The van der Waals surface area contributed by atoms with Crippen LogP contribution in [0.5, 0.6) is 5.75 Å². The number of hydrogen-bond donors (Lipinski definition) is 1. The van der Waals surface area contributed by atoms with Gasteiger partial charge < -0.3 is 19.5 Å². The molecule has 166 valence electrons. The van der Waals surface area contributed by atoms with E-state index in [1.54, 1.807) is 12.0 Å². The summed E-state index contributed by atoms with van der Waals surface area (Å²) in [7, 11) is 1.60. The van der Waals surface area contributed by atoms with Gasteiger partial charge in [0.1, 0.15) is 11.9 Å². The number of nitrogens with zero attached hydrogens (tertiary/aromatic N) is 1. The third kappa shape index (κ3) is 2.28. The summed E-state index contributed by atoms with van der Waals surface area (Å²) in [5, 5.41) is 11.5. The maximum atomic E-state index is 13.5. The predicted molar refractivity (Wildman–Crippen MR) is 115 cm³/mol. The fraction of sp³-hybridized carbons (Fsp3) is 0.583. The number of aliphatic hydroxyl groups is 1. The Kier molecular flexibility index (Phi) is 4.69. The van der Waals surface area contributed by atoms with Crippen LogP contribution in [0.2, 0.25) is 0 Å². The second-order valence-electron chi connectivity index (χ2n) is 9.31. The lowest BCUT2D eigenvalue weighted by Crippen LogP contribution is -2.66. The van der Waals surface area contributed by atoms with Crippen LogP contribution in [-0.4, -0.2) is 52.1 Å². The molecule has 1 N–H and O–H groups in total. The number of amides is 1. The molecule has 1 aromatic rings. The van der Waals surface area contributed by atoms with E-state index in [9.17, 15) is 14.7 Å². The van der Waals surface area contributed by atoms with Crippen molar-refractivity contribution >= 4 is 23.5 Å². The van der Waals surface area contributed by atoms with E-state index in [0.717, 1.165) is 30.6 Å². The molecule has 4 aliphatic rings. The van der Waals surface area contributed by atoms with Crippen LogP contribution < -0.4 is 4.74 Å². The Morgan fingerprint density at radius 2 is 2.06 bits per heavy atom. The molecule has 6 nitrogen and oxygen atoms in total. The Bertz CT molecular complexity index is 948. The van der Waals surface area contributed by atoms with Crippen LogP contribution in [0.3, 0.4) is 0 Å². The van der Waals surface area contributed by atoms with Crippen molar-refractivity contribution in [2.75, 3.05) is 13.0 Å². The number of rotatable bonds is 7. The SMILES string of the molecule is COc1ccc(CN2C(=O)[C@H](CCCl)[C@]3(C)C24C(=O)O[C@]43[C@@H](O)C2C=CCCC2)cc1. The molecule has 0 radical (unpaired) electrons. The van der Waals surface area contributed by atoms with Gasteiger partial charge in [0.2, 0.25) is 5.91 Å². The Hall–Kier alpha value is -2.05. The third-order valence-electron chi connectivity index (χ3n) is 8.22. The van der Waals surface area contributed by atoms with Gasteiger partial charge in [-0.05, 0) is 43.4 Å². The standard InChI is InChI=1S/C24H28ClNO5/c1-22-18(12-13-25)20(28)26(14-15-8-10-17(30-2)11-9-15)23(22)21(29)31-24(22,23)19(27)16-6-4-3-5-7-16/h4,6,8-11,16,18-19,27H,3,5,7,12-14H2,1-2H3/t16?,18-,19-,22+,23?,24-/m0/s1. The first-order valence-corrected chi connectivity index (χ1v) is 11.5. The van der Waals surface area contributed by atoms with Gasteiger partial charge in [-0.15, -0.1) is 11.6 Å². The van der Waals surface area contributed by atoms with Gasteiger partial charge in [0.15, 0.2) is 11.1 Å². The van der Waals surface area contributed by atoms with E-state index in [4.69, 9.17) is 21.1 Å². The van der Waals surface area contributed by atoms with Gasteiger partial charge in [-0.25, -0.2) is 4.79 Å². The number of hydrogen-bond acceptors (Lipinski definition) is 5. The lowest BCUT2D eigenvalue weighted by molar-refractivity contribution is -0.212. The minimum atomic E-state index is -1.13. The van der Waals surface area contributed by atoms with Crippen LogP contribution in [0.4, 0.5) is 0 Å². The molecule has 1 spiro atoms. The Labute approximate surface area is 187 Å². The predicted octanol–water partition coefficient (Wildman–Crippen LogP) is 3.05. The fourth-order valence-electron chi connectivity index (χ4n) is 6.75. The number of alkyl halides is 1. The molecule has 2 unspecified atom stereocenters. The summed E-state index contributed by atoms with van der Waals surface area (Å²) in [6.45, 7) is 2.21. The second-order valence-corrected chi connectivity index (χ2v) is 9.69. The van der Waals surface area contributed by atoms with E-state index in [2.05, 4.69) is 6.08 Å². The summed E-state index contributed by atoms with van der Waals surface area (Å²) in [6.07, 6.45) is 6.54. The van der Waals surface area contributed by atoms with E-state index in [0.29, 0.717) is 12.3 Å². The van der Waals surface area contributed by atoms with Gasteiger partial charge >= 0.3 is 5.97 Å². The number of allylic oxidation sites excluding steroid dienone is 1. The molecule has 2 aliphatic carbocycles. The first-order valence-electron chi connectivity index (χ1n) is 11.0. The van der Waals surface area contributed by atoms with Crippen molar-refractivity contribution in [3.63, 3.8) is 0 Å². The molecule has 2 heterocycles. The highest BCUT2D eigenvalue weighted by atomic mass is 35.5. The zero-order valence-electron chi connectivity index (χ0n) is 17.8. The van der Waals surface area contributed by atoms with Gasteiger partial charge in [0.05, 0.1) is 18.4 Å². The highest BCUT2D eigenvalue weighted by molar-refractivity contribution is 6.18. The smallest absolute Gasteiger partial charge is 0.338 e. The van der Waals surface area contributed by atoms with E-state index < -0.39 is 34.5 Å². The molecule has 2 saturated heterocycles. The molecule has 0 aromatic heterocycles. The van der Waals surface area contributed by atoms with Crippen LogP contribution in [0.25, 0.3) is 0 Å². The minimum absolute atomic E-state index is 0.0855. The molecule has 2 aliphatic heterocycles. The average molecular weight is 446 g/mol. The summed E-state index contributed by atoms with van der Waals surface area (Å²) in [6, 6.07) is 7.46. The normalized spacial score (nSPS) is 38.8. The number of carbonyl (C=O) groups is 2. The van der Waals surface area contributed by atoms with E-state index in [1.807, 2.05) is 37.3 Å². The number of benzene rings is 1. The Balaban J connectivity index is 1.54. The number of esters is 1. The number of ether oxygens (including phenoxy) is 2. The Morgan fingerprint density at radius 3 is 2.65 bits per heavy atom. The van der Waals surface area contributed by atoms with Crippen LogP contribution in [0, 0.1) is 17.3 Å². The topological polar surface area (TPSA) is 76.1 Å². The zero-order chi connectivity index (χ0) is 22.0. The van der Waals surface area contributed by atoms with Crippen molar-refractivity contribution in [2.45, 2.75) is 56.4 Å². The third-order valence-corrected chi connectivity index (χ3v) is 8.44. The van der Waals surface area contributed by atoms with Crippen LogP contribution in [0.15, 0.2) is 36.4 Å². The number of carbonyl (C=O) groups excluding carboxylic acids is 2. The van der Waals surface area contributed by atoms with Crippen molar-refractivity contribution in [2.24, 2.45) is 17.3 Å². The highest BCUT2D eigenvalue weighted by Crippen LogP contribution is 2.85. The van der Waals surface area contributed by atoms with Gasteiger partial charge in [-0.2, -0.15) is 0 Å². The summed E-state index contributed by atoms with van der Waals surface area (Å²) < 4.78 is 11.1. The van der Waals surface area contributed by atoms with Gasteiger partial charge in [-0.3, -0.25) is 4.79 Å². The number of piperidine rings is 1. The maximum Gasteiger partial charge on any atom is 0.338 e. The molecule has 5 rings (SSSR count). The van der Waals surface area contributed by atoms with E-state index in [-0.39, 0.29) is 18.4 Å². The largest absolute Gasteiger partial charge is 0.497 e. The van der Waals surface area contributed by atoms with Crippen molar-refractivity contribution in [1.82, 2.24) is 4.90 Å². The molecule has 1 amide bonds. The van der Waals surface area contributed by atoms with Crippen molar-refractivity contribution < 1.29 is 24.2 Å². The van der Waals surface area contributed by atoms with Gasteiger partial charge in [-0.1, -0.05) is 31.2 Å². The van der Waals surface area contributed by atoms with Crippen molar-refractivity contribution in [3.8, 4) is 5.75 Å². The molecule has 1 saturated carbocycles. The number of likely N-dealkylation sites (tertiary alicyclic amines) is 1. The van der Waals surface area contributed by atoms with Gasteiger partial charge in [0, 0.05) is 18.3 Å². The quantitative estimate of drug-likeness (QED) is 0.396. The monoisotopic (exact) mass is 445 g/mol. The van der Waals surface area contributed by atoms with Gasteiger partial charge in [0.25, 0.3) is 0 Å². The summed E-state index contributed by atoms with van der Waals surface area (Å²) in [5.41, 5.74) is -2.09. The number of aliphatic hydroxyl groups excluding tert-OH is 1. The molecular formula is C24H28ClNO5.